The minimum Gasteiger partial charge on any atom is -0.328 e. The molecule has 0 aromatic heterocycles. The van der Waals surface area contributed by atoms with Crippen molar-refractivity contribution in [1.29, 1.82) is 0 Å². The van der Waals surface area contributed by atoms with Crippen molar-refractivity contribution in [2.45, 2.75) is 0 Å². The summed E-state index contributed by atoms with van der Waals surface area (Å²) >= 11 is 0. The van der Waals surface area contributed by atoms with Crippen LogP contribution in [0.25, 0.3) is 0 Å². The molecule has 0 aromatic carbocycles. The maximum absolute atomic E-state index is 6.65. The molecule has 0 spiro atoms. The fourth-order valence-corrected chi connectivity index (χ4v) is 0.0340. The van der Waals surface area contributed by atoms with E-state index >= 15 is 0 Å². The third-order valence-electron chi connectivity index (χ3n) is 0.118. The van der Waals surface area contributed by atoms with Crippen molar-refractivity contribution in [3.8, 4) is 0 Å². The lowest BCUT2D eigenvalue weighted by Crippen LogP contribution is -2.11. The first kappa shape index (κ1) is 4.35. The second-order valence-corrected chi connectivity index (χ2v) is 0.364. The molecule has 0 radical (unpaired) electrons. The Morgan fingerprint density at radius 2 is 2.00 bits per heavy atom. The van der Waals surface area contributed by atoms with E-state index in [4.69, 9.17) is 5.48 Å². The van der Waals surface area contributed by atoms with Crippen molar-refractivity contribution >= 4 is 24.8 Å². The van der Waals surface area contributed by atoms with Gasteiger partial charge in [0.15, 0.2) is 0 Å². The maximum Gasteiger partial charge on any atom is 0.0801 e. The first-order valence-corrected chi connectivity index (χ1v) is 0.979. The highest BCUT2D eigenvalue weighted by Gasteiger charge is 1.66. The fourth-order valence-electron chi connectivity index (χ4n) is 0.0340. The summed E-state index contributed by atoms with van der Waals surface area (Å²) in [6.45, 7) is -5.20. The first-order valence-electron chi connectivity index (χ1n) is 2.98. The zero-order valence-corrected chi connectivity index (χ0v) is 5.01. The lowest BCUT2D eigenvalue weighted by atomic mass is 10.8. The van der Waals surface area contributed by atoms with E-state index in [1.54, 1.807) is 0 Å². The number of halogens is 2. The van der Waals surface area contributed by atoms with Gasteiger partial charge in [0.1, 0.15) is 0 Å². The zero-order valence-electron chi connectivity index (χ0n) is 7.38. The fraction of sp³-hybridized carbons (Fsp3) is 1.00. The smallest absolute Gasteiger partial charge is 0.0801 e. The summed E-state index contributed by atoms with van der Waals surface area (Å²) in [5.74, 6) is 4.40. The van der Waals surface area contributed by atoms with Crippen LogP contribution in [-0.2, 0) is 4.84 Å². The summed E-state index contributed by atoms with van der Waals surface area (Å²) < 4.78 is 26.5. The van der Waals surface area contributed by atoms with Gasteiger partial charge in [-0.1, -0.05) is 0 Å². The first-order chi connectivity index (χ1) is 3.81. The third kappa shape index (κ3) is 21.2. The Morgan fingerprint density at radius 3 is 2.00 bits per heavy atom. The summed E-state index contributed by atoms with van der Waals surface area (Å²) in [7, 11) is 0. The molecule has 3 nitrogen and oxygen atoms in total. The Morgan fingerprint density at radius 1 is 1.57 bits per heavy atom. The SMILES string of the molecule is Cl.Cl.[2H]C([2H])(N)C([2H])([2H])ON. The number of rotatable bonds is 2. The van der Waals surface area contributed by atoms with E-state index in [9.17, 15) is 0 Å². The summed E-state index contributed by atoms with van der Waals surface area (Å²) in [5, 5.41) is 0. The minimum atomic E-state index is -2.63. The van der Waals surface area contributed by atoms with Crippen molar-refractivity contribution in [2.75, 3.05) is 13.1 Å². The Balaban J connectivity index is -0.000000320. The number of nitrogens with two attached hydrogens (primary N) is 2. The maximum atomic E-state index is 6.65. The minimum absolute atomic E-state index is 0. The monoisotopic (exact) mass is 152 g/mol. The van der Waals surface area contributed by atoms with Gasteiger partial charge < -0.3 is 10.6 Å². The van der Waals surface area contributed by atoms with Crippen LogP contribution in [0.5, 0.6) is 0 Å². The van der Waals surface area contributed by atoms with E-state index in [2.05, 4.69) is 16.5 Å². The van der Waals surface area contributed by atoms with Gasteiger partial charge in [-0.3, -0.25) is 0 Å². The van der Waals surface area contributed by atoms with Crippen LogP contribution < -0.4 is 11.6 Å². The predicted octanol–water partition coefficient (Wildman–Crippen LogP) is -0.321. The van der Waals surface area contributed by atoms with Crippen molar-refractivity contribution in [3.63, 3.8) is 0 Å². The van der Waals surface area contributed by atoms with Crippen LogP contribution in [0.1, 0.15) is 5.48 Å². The van der Waals surface area contributed by atoms with Crippen molar-refractivity contribution < 1.29 is 10.3 Å². The van der Waals surface area contributed by atoms with E-state index in [1.165, 1.54) is 0 Å². The van der Waals surface area contributed by atoms with Crippen molar-refractivity contribution in [1.82, 2.24) is 0 Å². The molecule has 0 heterocycles. The van der Waals surface area contributed by atoms with E-state index in [-0.39, 0.29) is 24.8 Å². The molecular formula is C2H10Cl2N2O. The van der Waals surface area contributed by atoms with Gasteiger partial charge in [-0.05, 0) is 0 Å². The summed E-state index contributed by atoms with van der Waals surface area (Å²) in [6.07, 6.45) is 0. The van der Waals surface area contributed by atoms with Crippen molar-refractivity contribution in [3.05, 3.63) is 0 Å². The Kier molecular flexibility index (Phi) is 10.00. The van der Waals surface area contributed by atoms with Crippen LogP contribution in [0.3, 0.4) is 0 Å². The molecule has 5 heteroatoms. The summed E-state index contributed by atoms with van der Waals surface area (Å²) in [6, 6.07) is 0. The highest BCUT2D eigenvalue weighted by Crippen LogP contribution is 1.47. The summed E-state index contributed by atoms with van der Waals surface area (Å²) in [4.78, 5) is 3.64. The molecular weight excluding hydrogens is 139 g/mol. The van der Waals surface area contributed by atoms with Gasteiger partial charge in [0.05, 0.1) is 9.30 Å². The molecule has 0 fully saturated rings. The topological polar surface area (TPSA) is 61.3 Å². The molecule has 0 rings (SSSR count). The van der Waals surface area contributed by atoms with Crippen LogP contribution in [0.2, 0.25) is 0 Å². The number of hydrogen-bond donors (Lipinski definition) is 2. The average Bonchev–Trinajstić information content (AvgIpc) is 1.64. The van der Waals surface area contributed by atoms with Gasteiger partial charge in [-0.2, -0.15) is 0 Å². The second-order valence-electron chi connectivity index (χ2n) is 0.364. The molecule has 0 atom stereocenters. The van der Waals surface area contributed by atoms with Gasteiger partial charge in [0.2, 0.25) is 0 Å². The highest BCUT2D eigenvalue weighted by molar-refractivity contribution is 5.85. The molecule has 0 aliphatic heterocycles. The Labute approximate surface area is 60.8 Å². The molecule has 0 aliphatic rings. The second kappa shape index (κ2) is 16.1. The zero-order chi connectivity index (χ0) is 7.71. The molecule has 0 unspecified atom stereocenters. The highest BCUT2D eigenvalue weighted by atomic mass is 35.5. The molecule has 7 heavy (non-hydrogen) atoms. The normalized spacial score (nSPS) is 18.6. The van der Waals surface area contributed by atoms with Crippen LogP contribution in [0.15, 0.2) is 0 Å². The molecule has 0 saturated carbocycles. The Bertz CT molecular complexity index is 107. The lowest BCUT2D eigenvalue weighted by molar-refractivity contribution is 0.146. The van der Waals surface area contributed by atoms with E-state index in [0.717, 1.165) is 0 Å². The van der Waals surface area contributed by atoms with Gasteiger partial charge >= 0.3 is 0 Å². The molecule has 0 bridgehead atoms. The quantitative estimate of drug-likeness (QED) is 0.534. The Hall–Kier alpha value is 0.460. The van der Waals surface area contributed by atoms with Gasteiger partial charge in [0, 0.05) is 9.24 Å². The molecule has 4 N–H and O–H groups in total. The van der Waals surface area contributed by atoms with Crippen LogP contribution in [0.4, 0.5) is 0 Å². The van der Waals surface area contributed by atoms with E-state index < -0.39 is 13.1 Å². The third-order valence-corrected chi connectivity index (χ3v) is 0.118. The van der Waals surface area contributed by atoms with E-state index in [1.807, 2.05) is 0 Å². The van der Waals surface area contributed by atoms with Crippen LogP contribution in [0, 0.1) is 0 Å². The molecule has 0 saturated heterocycles. The van der Waals surface area contributed by atoms with Gasteiger partial charge in [0.25, 0.3) is 0 Å². The molecule has 0 aromatic rings. The van der Waals surface area contributed by atoms with Crippen LogP contribution >= 0.6 is 24.8 Å². The number of hydrogen-bond acceptors (Lipinski definition) is 3. The van der Waals surface area contributed by atoms with Gasteiger partial charge in [-0.25, -0.2) is 5.90 Å². The average molecular weight is 153 g/mol. The van der Waals surface area contributed by atoms with Crippen LogP contribution in [-0.4, -0.2) is 13.1 Å². The lowest BCUT2D eigenvalue weighted by Gasteiger charge is -1.84. The standard InChI is InChI=1S/C2H8N2O.2ClH/c3-1-2-5-4;;/h1-4H2;2*1H/i1D2,2D2;;. The largest absolute Gasteiger partial charge is 0.328 e. The molecule has 48 valence electrons. The molecule has 0 amide bonds. The van der Waals surface area contributed by atoms with Gasteiger partial charge in [-0.15, -0.1) is 24.8 Å². The summed E-state index contributed by atoms with van der Waals surface area (Å²) in [5.41, 5.74) is 4.68. The molecule has 0 aliphatic carbocycles. The van der Waals surface area contributed by atoms with Crippen molar-refractivity contribution in [2.24, 2.45) is 11.6 Å². The van der Waals surface area contributed by atoms with E-state index in [0.29, 0.717) is 0 Å². The predicted molar refractivity (Wildman–Crippen MR) is 33.7 cm³/mol.